The first-order valence-electron chi connectivity index (χ1n) is 13.1. The van der Waals surface area contributed by atoms with Gasteiger partial charge in [-0.05, 0) is 12.0 Å². The Hall–Kier alpha value is -3.90. The van der Waals surface area contributed by atoms with Gasteiger partial charge in [0.05, 0.1) is 0 Å². The van der Waals surface area contributed by atoms with E-state index < -0.39 is 11.9 Å². The molecule has 202 valence electrons. The Balaban J connectivity index is 0.000000216. The molecule has 0 aromatic heterocycles. The van der Waals surface area contributed by atoms with E-state index in [1.165, 1.54) is 14.2 Å². The van der Waals surface area contributed by atoms with E-state index in [0.717, 1.165) is 18.4 Å². The number of methoxy groups -OCH3 is 2. The van der Waals surface area contributed by atoms with Crippen molar-refractivity contribution >= 4 is 11.6 Å². The fourth-order valence-corrected chi connectivity index (χ4v) is 4.12. The zero-order valence-electron chi connectivity index (χ0n) is 22.8. The standard InChI is InChI=1S/C18H20O2.C16H16O3/c1-2-3-14-20-18(16-12-8-5-9-13-16)17(19)15-10-6-4-7-11-15;1-18-16(19-2,14-11-7-4-8-12-14)15(17)13-9-5-3-6-10-13/h4-13,18H,2-3,14H2,1H3;3-12H,1-2H3. The third kappa shape index (κ3) is 7.80. The summed E-state index contributed by atoms with van der Waals surface area (Å²) >= 11 is 0. The van der Waals surface area contributed by atoms with Crippen LogP contribution in [0.5, 0.6) is 0 Å². The SMILES string of the molecule is CCCCOC(C(=O)c1ccccc1)c1ccccc1.COC(OC)(C(=O)c1ccccc1)c1ccccc1. The van der Waals surface area contributed by atoms with Crippen LogP contribution in [0.3, 0.4) is 0 Å². The fraction of sp³-hybridized carbons (Fsp3) is 0.235. The largest absolute Gasteiger partial charge is 0.365 e. The summed E-state index contributed by atoms with van der Waals surface area (Å²) in [7, 11) is 2.94. The highest BCUT2D eigenvalue weighted by Gasteiger charge is 2.41. The first kappa shape index (κ1) is 29.7. The van der Waals surface area contributed by atoms with Gasteiger partial charge in [-0.25, -0.2) is 0 Å². The number of rotatable bonds is 12. The number of hydrogen-bond acceptors (Lipinski definition) is 5. The molecule has 1 unspecified atom stereocenters. The predicted molar refractivity (Wildman–Crippen MR) is 154 cm³/mol. The van der Waals surface area contributed by atoms with Gasteiger partial charge in [-0.3, -0.25) is 9.59 Å². The summed E-state index contributed by atoms with van der Waals surface area (Å²) in [4.78, 5) is 25.3. The van der Waals surface area contributed by atoms with Crippen LogP contribution in [0.2, 0.25) is 0 Å². The quantitative estimate of drug-likeness (QED) is 0.109. The van der Waals surface area contributed by atoms with Crippen molar-refractivity contribution in [1.82, 2.24) is 0 Å². The summed E-state index contributed by atoms with van der Waals surface area (Å²) in [5, 5.41) is 0. The Kier molecular flexibility index (Phi) is 11.8. The Morgan fingerprint density at radius 2 is 1.13 bits per heavy atom. The fourth-order valence-electron chi connectivity index (χ4n) is 4.12. The first-order valence-corrected chi connectivity index (χ1v) is 13.1. The highest BCUT2D eigenvalue weighted by atomic mass is 16.7. The number of benzene rings is 4. The minimum absolute atomic E-state index is 0.0212. The molecule has 0 spiro atoms. The lowest BCUT2D eigenvalue weighted by Gasteiger charge is -2.29. The molecule has 0 bridgehead atoms. The van der Waals surface area contributed by atoms with Crippen LogP contribution in [0.1, 0.15) is 57.7 Å². The van der Waals surface area contributed by atoms with Crippen molar-refractivity contribution in [2.75, 3.05) is 20.8 Å². The molecular weight excluding hydrogens is 488 g/mol. The number of unbranched alkanes of at least 4 members (excludes halogenated alkanes) is 1. The Morgan fingerprint density at radius 1 is 0.667 bits per heavy atom. The van der Waals surface area contributed by atoms with Gasteiger partial charge in [-0.2, -0.15) is 0 Å². The average Bonchev–Trinajstić information content (AvgIpc) is 3.02. The third-order valence-electron chi connectivity index (χ3n) is 6.24. The zero-order valence-corrected chi connectivity index (χ0v) is 22.8. The smallest absolute Gasteiger partial charge is 0.260 e. The summed E-state index contributed by atoms with van der Waals surface area (Å²) in [5.41, 5.74) is 2.83. The molecule has 4 rings (SSSR count). The van der Waals surface area contributed by atoms with Crippen molar-refractivity contribution in [2.45, 2.75) is 31.7 Å². The summed E-state index contributed by atoms with van der Waals surface area (Å²) in [5.74, 6) is -1.60. The molecule has 5 nitrogen and oxygen atoms in total. The lowest BCUT2D eigenvalue weighted by atomic mass is 9.96. The molecular formula is C34H36O5. The van der Waals surface area contributed by atoms with Crippen LogP contribution in [-0.2, 0) is 20.0 Å². The molecule has 0 saturated heterocycles. The lowest BCUT2D eigenvalue weighted by molar-refractivity contribution is -0.176. The topological polar surface area (TPSA) is 61.8 Å². The van der Waals surface area contributed by atoms with Crippen LogP contribution >= 0.6 is 0 Å². The van der Waals surface area contributed by atoms with Gasteiger partial charge in [0.25, 0.3) is 5.79 Å². The molecule has 0 amide bonds. The van der Waals surface area contributed by atoms with Crippen LogP contribution in [-0.4, -0.2) is 32.4 Å². The highest BCUT2D eigenvalue weighted by Crippen LogP contribution is 2.30. The molecule has 0 radical (unpaired) electrons. The summed E-state index contributed by atoms with van der Waals surface area (Å²) in [6, 6.07) is 37.2. The van der Waals surface area contributed by atoms with Gasteiger partial charge in [0.1, 0.15) is 6.10 Å². The predicted octanol–water partition coefficient (Wildman–Crippen LogP) is 7.44. The molecule has 4 aromatic carbocycles. The van der Waals surface area contributed by atoms with Gasteiger partial charge < -0.3 is 14.2 Å². The van der Waals surface area contributed by atoms with Gasteiger partial charge in [-0.15, -0.1) is 0 Å². The number of ether oxygens (including phenoxy) is 3. The van der Waals surface area contributed by atoms with E-state index in [9.17, 15) is 9.59 Å². The van der Waals surface area contributed by atoms with Gasteiger partial charge in [0.15, 0.2) is 5.78 Å². The van der Waals surface area contributed by atoms with Gasteiger partial charge in [-0.1, -0.05) is 135 Å². The van der Waals surface area contributed by atoms with Crippen molar-refractivity contribution < 1.29 is 23.8 Å². The molecule has 0 fully saturated rings. The first-order chi connectivity index (χ1) is 19.1. The van der Waals surface area contributed by atoms with Crippen molar-refractivity contribution in [3.8, 4) is 0 Å². The van der Waals surface area contributed by atoms with E-state index in [1.54, 1.807) is 12.1 Å². The van der Waals surface area contributed by atoms with Gasteiger partial charge >= 0.3 is 0 Å². The maximum absolute atomic E-state index is 12.7. The Labute approximate surface area is 231 Å². The molecule has 0 aliphatic rings. The minimum Gasteiger partial charge on any atom is -0.365 e. The van der Waals surface area contributed by atoms with Crippen LogP contribution < -0.4 is 0 Å². The normalized spacial score (nSPS) is 11.7. The molecule has 0 saturated carbocycles. The maximum atomic E-state index is 12.7. The minimum atomic E-state index is -1.40. The number of carbonyl (C=O) groups is 2. The van der Waals surface area contributed by atoms with Gasteiger partial charge in [0.2, 0.25) is 5.78 Å². The van der Waals surface area contributed by atoms with Gasteiger partial charge in [0, 0.05) is 37.5 Å². The number of carbonyl (C=O) groups excluding carboxylic acids is 2. The molecule has 0 aliphatic heterocycles. The Bertz CT molecular complexity index is 1250. The van der Waals surface area contributed by atoms with Crippen molar-refractivity contribution in [3.63, 3.8) is 0 Å². The second kappa shape index (κ2) is 15.5. The monoisotopic (exact) mass is 524 g/mol. The second-order valence-corrected chi connectivity index (χ2v) is 8.83. The van der Waals surface area contributed by atoms with Crippen LogP contribution in [0.25, 0.3) is 0 Å². The van der Waals surface area contributed by atoms with E-state index in [1.807, 2.05) is 109 Å². The van der Waals surface area contributed by atoms with Crippen molar-refractivity contribution in [3.05, 3.63) is 144 Å². The van der Waals surface area contributed by atoms with E-state index >= 15 is 0 Å². The van der Waals surface area contributed by atoms with Crippen LogP contribution in [0.4, 0.5) is 0 Å². The molecule has 0 N–H and O–H groups in total. The van der Waals surface area contributed by atoms with Crippen LogP contribution in [0.15, 0.2) is 121 Å². The molecule has 0 aliphatic carbocycles. The highest BCUT2D eigenvalue weighted by molar-refractivity contribution is 6.02. The van der Waals surface area contributed by atoms with Crippen molar-refractivity contribution in [2.24, 2.45) is 0 Å². The van der Waals surface area contributed by atoms with E-state index in [4.69, 9.17) is 14.2 Å². The molecule has 0 heterocycles. The maximum Gasteiger partial charge on any atom is 0.260 e. The number of ketones is 2. The lowest BCUT2D eigenvalue weighted by Crippen LogP contribution is -2.39. The van der Waals surface area contributed by atoms with Crippen LogP contribution in [0, 0.1) is 0 Å². The summed E-state index contributed by atoms with van der Waals surface area (Å²) in [6.45, 7) is 2.72. The van der Waals surface area contributed by atoms with E-state index in [0.29, 0.717) is 23.3 Å². The zero-order chi connectivity index (χ0) is 27.9. The third-order valence-corrected chi connectivity index (χ3v) is 6.24. The molecule has 4 aromatic rings. The molecule has 39 heavy (non-hydrogen) atoms. The summed E-state index contributed by atoms with van der Waals surface area (Å²) in [6.07, 6.45) is 1.51. The summed E-state index contributed by atoms with van der Waals surface area (Å²) < 4.78 is 16.7. The van der Waals surface area contributed by atoms with E-state index in [2.05, 4.69) is 6.92 Å². The number of Topliss-reactive ketones (excluding diaryl/α,β-unsaturated/α-hetero) is 2. The van der Waals surface area contributed by atoms with E-state index in [-0.39, 0.29) is 11.6 Å². The van der Waals surface area contributed by atoms with Crippen molar-refractivity contribution in [1.29, 1.82) is 0 Å². The molecule has 5 heteroatoms. The number of hydrogen-bond donors (Lipinski definition) is 0. The second-order valence-electron chi connectivity index (χ2n) is 8.83. The molecule has 1 atom stereocenters. The average molecular weight is 525 g/mol. The Morgan fingerprint density at radius 3 is 1.62 bits per heavy atom.